The highest BCUT2D eigenvalue weighted by atomic mass is 35.5. The van der Waals surface area contributed by atoms with Crippen molar-refractivity contribution in [2.45, 2.75) is 12.5 Å². The van der Waals surface area contributed by atoms with Crippen LogP contribution in [0.5, 0.6) is 5.75 Å². The lowest BCUT2D eigenvalue weighted by Gasteiger charge is -2.17. The first kappa shape index (κ1) is 17.4. The second-order valence-electron chi connectivity index (χ2n) is 5.52. The van der Waals surface area contributed by atoms with E-state index in [4.69, 9.17) is 16.3 Å². The maximum absolute atomic E-state index is 14.5. The van der Waals surface area contributed by atoms with E-state index in [0.29, 0.717) is 10.8 Å². The molecular formula is C20H14ClF3O. The molecule has 3 aromatic rings. The molecule has 0 aliphatic rings. The van der Waals surface area contributed by atoms with E-state index >= 15 is 0 Å². The highest BCUT2D eigenvalue weighted by molar-refractivity contribution is 6.30. The predicted octanol–water partition coefficient (Wildman–Crippen LogP) is 6.20. The van der Waals surface area contributed by atoms with Gasteiger partial charge in [-0.05, 0) is 66.2 Å². The Hall–Kier alpha value is -2.46. The number of halogens is 4. The molecule has 0 aromatic heterocycles. The zero-order chi connectivity index (χ0) is 17.9. The van der Waals surface area contributed by atoms with Crippen LogP contribution < -0.4 is 4.74 Å². The molecule has 0 radical (unpaired) electrons. The highest BCUT2D eigenvalue weighted by Gasteiger charge is 2.33. The molecule has 0 amide bonds. The van der Waals surface area contributed by atoms with E-state index in [0.717, 1.165) is 29.8 Å². The second kappa shape index (κ2) is 7.19. The van der Waals surface area contributed by atoms with Crippen LogP contribution in [0.4, 0.5) is 13.2 Å². The summed E-state index contributed by atoms with van der Waals surface area (Å²) in [5, 5.41) is 0.607. The maximum Gasteiger partial charge on any atom is 0.298 e. The molecule has 5 heteroatoms. The number of alkyl halides is 2. The van der Waals surface area contributed by atoms with Gasteiger partial charge in [-0.15, -0.1) is 0 Å². The topological polar surface area (TPSA) is 9.23 Å². The van der Waals surface area contributed by atoms with Gasteiger partial charge in [0.1, 0.15) is 18.2 Å². The van der Waals surface area contributed by atoms with Gasteiger partial charge in [0.05, 0.1) is 0 Å². The van der Waals surface area contributed by atoms with Crippen molar-refractivity contribution in [3.63, 3.8) is 0 Å². The fraction of sp³-hybridized carbons (Fsp3) is 0.100. The summed E-state index contributed by atoms with van der Waals surface area (Å²) in [5.41, 5.74) is 0.434. The summed E-state index contributed by atoms with van der Waals surface area (Å²) in [7, 11) is 0. The van der Waals surface area contributed by atoms with Gasteiger partial charge in [0.25, 0.3) is 5.92 Å². The van der Waals surface area contributed by atoms with Crippen molar-refractivity contribution in [3.8, 4) is 5.75 Å². The van der Waals surface area contributed by atoms with Crippen LogP contribution in [0.3, 0.4) is 0 Å². The number of benzene rings is 3. The molecule has 0 atom stereocenters. The summed E-state index contributed by atoms with van der Waals surface area (Å²) in [4.78, 5) is 0. The van der Waals surface area contributed by atoms with Gasteiger partial charge in [-0.2, -0.15) is 8.78 Å². The van der Waals surface area contributed by atoms with Crippen molar-refractivity contribution in [1.29, 1.82) is 0 Å². The fourth-order valence-electron chi connectivity index (χ4n) is 2.38. The summed E-state index contributed by atoms with van der Waals surface area (Å²) >= 11 is 5.90. The molecule has 0 aliphatic carbocycles. The fourth-order valence-corrected chi connectivity index (χ4v) is 2.59. The Bertz CT molecular complexity index is 846. The zero-order valence-electron chi connectivity index (χ0n) is 13.1. The summed E-state index contributed by atoms with van der Waals surface area (Å²) in [6, 6.07) is 17.0. The Labute approximate surface area is 148 Å². The molecule has 1 nitrogen and oxygen atoms in total. The van der Waals surface area contributed by atoms with Crippen molar-refractivity contribution in [3.05, 3.63) is 100 Å². The van der Waals surface area contributed by atoms with Gasteiger partial charge in [-0.1, -0.05) is 23.7 Å². The molecule has 0 spiro atoms. The van der Waals surface area contributed by atoms with Crippen LogP contribution >= 0.6 is 11.6 Å². The van der Waals surface area contributed by atoms with Crippen LogP contribution in [-0.4, -0.2) is 0 Å². The van der Waals surface area contributed by atoms with E-state index in [1.807, 2.05) is 12.1 Å². The van der Waals surface area contributed by atoms with Crippen LogP contribution in [0.25, 0.3) is 0 Å². The third kappa shape index (κ3) is 4.15. The van der Waals surface area contributed by atoms with Crippen LogP contribution in [-0.2, 0) is 12.5 Å². The van der Waals surface area contributed by atoms with E-state index in [2.05, 4.69) is 0 Å². The quantitative estimate of drug-likeness (QED) is 0.525. The molecule has 25 heavy (non-hydrogen) atoms. The standard InChI is InChI=1S/C20H14ClF3O/c21-17-3-1-2-14(12-17)13-25-19-10-6-16(7-11-19)20(23,24)15-4-8-18(22)9-5-15/h1-12H,13H2. The minimum atomic E-state index is -3.21. The van der Waals surface area contributed by atoms with Crippen LogP contribution in [0.2, 0.25) is 5.02 Å². The van der Waals surface area contributed by atoms with Gasteiger partial charge < -0.3 is 4.74 Å². The number of rotatable bonds is 5. The Morgan fingerprint density at radius 3 is 2.04 bits per heavy atom. The minimum absolute atomic E-state index is 0.186. The smallest absolute Gasteiger partial charge is 0.298 e. The van der Waals surface area contributed by atoms with Crippen LogP contribution in [0.1, 0.15) is 16.7 Å². The number of hydrogen-bond donors (Lipinski definition) is 0. The predicted molar refractivity (Wildman–Crippen MR) is 91.6 cm³/mol. The van der Waals surface area contributed by atoms with Gasteiger partial charge >= 0.3 is 0 Å². The van der Waals surface area contributed by atoms with Crippen molar-refractivity contribution in [2.75, 3.05) is 0 Å². The summed E-state index contributed by atoms with van der Waals surface area (Å²) in [6.07, 6.45) is 0. The lowest BCUT2D eigenvalue weighted by Crippen LogP contribution is -2.15. The largest absolute Gasteiger partial charge is 0.489 e. The lowest BCUT2D eigenvalue weighted by atomic mass is 10.0. The molecule has 0 bridgehead atoms. The van der Waals surface area contributed by atoms with E-state index in [9.17, 15) is 13.2 Å². The van der Waals surface area contributed by atoms with E-state index < -0.39 is 11.7 Å². The molecule has 3 rings (SSSR count). The summed E-state index contributed by atoms with van der Waals surface area (Å²) in [5.74, 6) is -3.29. The van der Waals surface area contributed by atoms with E-state index in [-0.39, 0.29) is 17.7 Å². The first-order valence-electron chi connectivity index (χ1n) is 7.57. The van der Waals surface area contributed by atoms with E-state index in [1.165, 1.54) is 24.3 Å². The maximum atomic E-state index is 14.5. The molecule has 128 valence electrons. The Kier molecular flexibility index (Phi) is 5.00. The normalized spacial score (nSPS) is 11.4. The molecule has 0 saturated carbocycles. The van der Waals surface area contributed by atoms with Crippen molar-refractivity contribution < 1.29 is 17.9 Å². The monoisotopic (exact) mass is 362 g/mol. The van der Waals surface area contributed by atoms with Gasteiger partial charge in [-0.25, -0.2) is 4.39 Å². The van der Waals surface area contributed by atoms with Gasteiger partial charge in [0.15, 0.2) is 0 Å². The Morgan fingerprint density at radius 2 is 1.44 bits per heavy atom. The third-order valence-electron chi connectivity index (χ3n) is 3.72. The molecule has 0 fully saturated rings. The summed E-state index contributed by atoms with van der Waals surface area (Å²) in [6.45, 7) is 0.286. The van der Waals surface area contributed by atoms with Gasteiger partial charge in [0.2, 0.25) is 0 Å². The first-order valence-corrected chi connectivity index (χ1v) is 7.94. The first-order chi connectivity index (χ1) is 11.9. The van der Waals surface area contributed by atoms with Crippen LogP contribution in [0.15, 0.2) is 72.8 Å². The van der Waals surface area contributed by atoms with Crippen molar-refractivity contribution >= 4 is 11.6 Å². The average molecular weight is 363 g/mol. The molecule has 0 heterocycles. The Balaban J connectivity index is 1.72. The molecular weight excluding hydrogens is 349 g/mol. The SMILES string of the molecule is Fc1ccc(C(F)(F)c2ccc(OCc3cccc(Cl)c3)cc2)cc1. The summed E-state index contributed by atoms with van der Waals surface area (Å²) < 4.78 is 47.4. The Morgan fingerprint density at radius 1 is 0.840 bits per heavy atom. The van der Waals surface area contributed by atoms with Gasteiger partial charge in [-0.3, -0.25) is 0 Å². The molecule has 0 N–H and O–H groups in total. The number of hydrogen-bond acceptors (Lipinski definition) is 1. The highest BCUT2D eigenvalue weighted by Crippen LogP contribution is 2.36. The number of ether oxygens (including phenoxy) is 1. The van der Waals surface area contributed by atoms with Crippen molar-refractivity contribution in [2.24, 2.45) is 0 Å². The third-order valence-corrected chi connectivity index (χ3v) is 3.95. The van der Waals surface area contributed by atoms with Crippen molar-refractivity contribution in [1.82, 2.24) is 0 Å². The zero-order valence-corrected chi connectivity index (χ0v) is 13.8. The van der Waals surface area contributed by atoms with Gasteiger partial charge in [0, 0.05) is 16.1 Å². The van der Waals surface area contributed by atoms with Crippen LogP contribution in [0, 0.1) is 5.82 Å². The molecule has 0 aliphatic heterocycles. The lowest BCUT2D eigenvalue weighted by molar-refractivity contribution is 0.0427. The molecule has 0 saturated heterocycles. The van der Waals surface area contributed by atoms with E-state index in [1.54, 1.807) is 12.1 Å². The molecule has 0 unspecified atom stereocenters. The average Bonchev–Trinajstić information content (AvgIpc) is 2.61. The minimum Gasteiger partial charge on any atom is -0.489 e. The second-order valence-corrected chi connectivity index (χ2v) is 5.96. The molecule has 3 aromatic carbocycles.